The summed E-state index contributed by atoms with van der Waals surface area (Å²) in [6, 6.07) is 13.4. The Labute approximate surface area is 165 Å². The van der Waals surface area contributed by atoms with Gasteiger partial charge in [0.05, 0.1) is 6.42 Å². The molecule has 8 heteroatoms. The second-order valence-corrected chi connectivity index (χ2v) is 6.67. The van der Waals surface area contributed by atoms with Gasteiger partial charge in [0.1, 0.15) is 11.6 Å². The first-order valence-corrected chi connectivity index (χ1v) is 8.86. The third kappa shape index (κ3) is 3.64. The number of hydrogen-bond donors (Lipinski definition) is 1. The largest absolute Gasteiger partial charge is 0.501 e. The van der Waals surface area contributed by atoms with Crippen LogP contribution in [0.25, 0.3) is 23.0 Å². The van der Waals surface area contributed by atoms with Gasteiger partial charge in [0.2, 0.25) is 11.6 Å². The third-order valence-electron chi connectivity index (χ3n) is 4.51. The molecule has 0 aliphatic rings. The van der Waals surface area contributed by atoms with Gasteiger partial charge in [-0.3, -0.25) is 9.36 Å². The third-order valence-corrected chi connectivity index (χ3v) is 4.51. The second kappa shape index (κ2) is 7.31. The van der Waals surface area contributed by atoms with E-state index in [-0.39, 0.29) is 29.7 Å². The van der Waals surface area contributed by atoms with E-state index in [0.29, 0.717) is 11.4 Å². The number of aromatic nitrogens is 4. The van der Waals surface area contributed by atoms with Crippen LogP contribution < -0.4 is 5.56 Å². The normalized spacial score (nSPS) is 11.0. The van der Waals surface area contributed by atoms with Crippen LogP contribution in [-0.4, -0.2) is 24.9 Å². The van der Waals surface area contributed by atoms with E-state index < -0.39 is 11.3 Å². The predicted molar refractivity (Wildman–Crippen MR) is 104 cm³/mol. The molecule has 2 heterocycles. The lowest BCUT2D eigenvalue weighted by Gasteiger charge is -2.10. The first-order valence-electron chi connectivity index (χ1n) is 8.86. The minimum atomic E-state index is -0.621. The standard InChI is InChI=1S/C21H17FN4O3/c1-12-3-7-14(8-4-12)19-23-17(18(27)21(28)26(19)2)20-25-24-16(29-20)11-13-5-9-15(22)10-6-13/h3-10,27H,11H2,1-2H3. The maximum atomic E-state index is 13.0. The zero-order valence-corrected chi connectivity index (χ0v) is 15.8. The van der Waals surface area contributed by atoms with Crippen LogP contribution in [-0.2, 0) is 13.5 Å². The zero-order chi connectivity index (χ0) is 20.5. The van der Waals surface area contributed by atoms with E-state index in [4.69, 9.17) is 4.42 Å². The number of rotatable bonds is 4. The topological polar surface area (TPSA) is 94.0 Å². The summed E-state index contributed by atoms with van der Waals surface area (Å²) < 4.78 is 19.9. The predicted octanol–water partition coefficient (Wildman–Crippen LogP) is 3.24. The second-order valence-electron chi connectivity index (χ2n) is 6.67. The molecule has 2 aromatic heterocycles. The van der Waals surface area contributed by atoms with Gasteiger partial charge < -0.3 is 9.52 Å². The maximum Gasteiger partial charge on any atom is 0.296 e. The minimum absolute atomic E-state index is 0.0642. The molecule has 1 N–H and O–H groups in total. The Morgan fingerprint density at radius 2 is 1.76 bits per heavy atom. The van der Waals surface area contributed by atoms with Crippen molar-refractivity contribution in [1.82, 2.24) is 19.7 Å². The van der Waals surface area contributed by atoms with Crippen LogP contribution in [0.15, 0.2) is 57.7 Å². The van der Waals surface area contributed by atoms with Crippen molar-refractivity contribution in [1.29, 1.82) is 0 Å². The number of nitrogens with zero attached hydrogens (tertiary/aromatic N) is 4. The molecule has 0 bridgehead atoms. The molecule has 0 saturated carbocycles. The average Bonchev–Trinajstić information content (AvgIpc) is 3.17. The van der Waals surface area contributed by atoms with Crippen LogP contribution in [0.3, 0.4) is 0 Å². The van der Waals surface area contributed by atoms with Crippen molar-refractivity contribution >= 4 is 0 Å². The highest BCUT2D eigenvalue weighted by Crippen LogP contribution is 2.27. The van der Waals surface area contributed by atoms with Gasteiger partial charge in [0.25, 0.3) is 11.4 Å². The lowest BCUT2D eigenvalue weighted by Crippen LogP contribution is -2.20. The highest BCUT2D eigenvalue weighted by Gasteiger charge is 2.21. The van der Waals surface area contributed by atoms with Crippen LogP contribution in [0.2, 0.25) is 0 Å². The lowest BCUT2D eigenvalue weighted by atomic mass is 10.1. The number of aromatic hydroxyl groups is 1. The Kier molecular flexibility index (Phi) is 4.67. The SMILES string of the molecule is Cc1ccc(-c2nc(-c3nnc(Cc4ccc(F)cc4)o3)c(O)c(=O)n2C)cc1. The molecule has 146 valence electrons. The average molecular weight is 392 g/mol. The van der Waals surface area contributed by atoms with E-state index in [1.54, 1.807) is 12.1 Å². The molecule has 0 fully saturated rings. The zero-order valence-electron chi connectivity index (χ0n) is 15.8. The number of benzene rings is 2. The molecule has 0 spiro atoms. The Hall–Kier alpha value is -3.81. The highest BCUT2D eigenvalue weighted by molar-refractivity contribution is 5.63. The molecular formula is C21H17FN4O3. The van der Waals surface area contributed by atoms with Crippen molar-refractivity contribution in [2.75, 3.05) is 0 Å². The monoisotopic (exact) mass is 392 g/mol. The summed E-state index contributed by atoms with van der Waals surface area (Å²) >= 11 is 0. The summed E-state index contributed by atoms with van der Waals surface area (Å²) in [7, 11) is 1.53. The van der Waals surface area contributed by atoms with E-state index >= 15 is 0 Å². The highest BCUT2D eigenvalue weighted by atomic mass is 19.1. The molecule has 0 atom stereocenters. The summed E-state index contributed by atoms with van der Waals surface area (Å²) in [4.78, 5) is 16.9. The molecule has 0 unspecified atom stereocenters. The number of hydrogen-bond acceptors (Lipinski definition) is 6. The fourth-order valence-electron chi connectivity index (χ4n) is 2.90. The van der Waals surface area contributed by atoms with Gasteiger partial charge in [-0.25, -0.2) is 9.37 Å². The summed E-state index contributed by atoms with van der Waals surface area (Å²) in [6.45, 7) is 1.96. The van der Waals surface area contributed by atoms with Gasteiger partial charge in [0.15, 0.2) is 5.69 Å². The van der Waals surface area contributed by atoms with Gasteiger partial charge in [-0.15, -0.1) is 10.2 Å². The first kappa shape index (κ1) is 18.5. The molecule has 0 amide bonds. The Bertz CT molecular complexity index is 1230. The summed E-state index contributed by atoms with van der Waals surface area (Å²) in [6.07, 6.45) is 0.281. The van der Waals surface area contributed by atoms with E-state index in [9.17, 15) is 14.3 Å². The molecule has 0 aliphatic carbocycles. The van der Waals surface area contributed by atoms with Crippen LogP contribution in [0.1, 0.15) is 17.0 Å². The van der Waals surface area contributed by atoms with Crippen LogP contribution in [0, 0.1) is 12.7 Å². The molecular weight excluding hydrogens is 375 g/mol. The van der Waals surface area contributed by atoms with Crippen molar-refractivity contribution in [3.05, 3.63) is 81.7 Å². The molecule has 4 aromatic rings. The van der Waals surface area contributed by atoms with E-state index in [1.165, 1.54) is 23.7 Å². The van der Waals surface area contributed by atoms with Crippen molar-refractivity contribution in [3.8, 4) is 28.7 Å². The summed E-state index contributed by atoms with van der Waals surface area (Å²) in [5.41, 5.74) is 1.86. The smallest absolute Gasteiger partial charge is 0.296 e. The summed E-state index contributed by atoms with van der Waals surface area (Å²) in [5.74, 6) is -0.352. The Balaban J connectivity index is 1.73. The fraction of sp³-hybridized carbons (Fsp3) is 0.143. The van der Waals surface area contributed by atoms with Gasteiger partial charge in [0, 0.05) is 12.6 Å². The summed E-state index contributed by atoms with van der Waals surface area (Å²) in [5, 5.41) is 18.2. The Morgan fingerprint density at radius 1 is 1.07 bits per heavy atom. The van der Waals surface area contributed by atoms with Gasteiger partial charge in [-0.1, -0.05) is 42.0 Å². The molecule has 2 aromatic carbocycles. The molecule has 0 saturated heterocycles. The lowest BCUT2D eigenvalue weighted by molar-refractivity contribution is 0.453. The van der Waals surface area contributed by atoms with E-state index in [1.807, 2.05) is 31.2 Å². The minimum Gasteiger partial charge on any atom is -0.501 e. The van der Waals surface area contributed by atoms with Crippen LogP contribution in [0.4, 0.5) is 4.39 Å². The fourth-order valence-corrected chi connectivity index (χ4v) is 2.90. The maximum absolute atomic E-state index is 13.0. The Morgan fingerprint density at radius 3 is 2.45 bits per heavy atom. The number of aryl methyl sites for hydroxylation is 1. The molecule has 7 nitrogen and oxygen atoms in total. The van der Waals surface area contributed by atoms with Gasteiger partial charge >= 0.3 is 0 Å². The van der Waals surface area contributed by atoms with Crippen LogP contribution >= 0.6 is 0 Å². The molecule has 29 heavy (non-hydrogen) atoms. The van der Waals surface area contributed by atoms with E-state index in [0.717, 1.165) is 11.1 Å². The number of halogens is 1. The van der Waals surface area contributed by atoms with Gasteiger partial charge in [-0.05, 0) is 24.6 Å². The van der Waals surface area contributed by atoms with Crippen molar-refractivity contribution in [2.45, 2.75) is 13.3 Å². The van der Waals surface area contributed by atoms with Gasteiger partial charge in [-0.2, -0.15) is 0 Å². The van der Waals surface area contributed by atoms with Crippen molar-refractivity contribution in [2.24, 2.45) is 7.05 Å². The van der Waals surface area contributed by atoms with Crippen LogP contribution in [0.5, 0.6) is 5.75 Å². The molecule has 4 rings (SSSR count). The quantitative estimate of drug-likeness (QED) is 0.573. The van der Waals surface area contributed by atoms with Crippen molar-refractivity contribution in [3.63, 3.8) is 0 Å². The molecule has 0 aliphatic heterocycles. The van der Waals surface area contributed by atoms with Crippen molar-refractivity contribution < 1.29 is 13.9 Å². The molecule has 0 radical (unpaired) electrons. The van der Waals surface area contributed by atoms with E-state index in [2.05, 4.69) is 15.2 Å². The first-order chi connectivity index (χ1) is 13.9.